The van der Waals surface area contributed by atoms with Gasteiger partial charge in [-0.15, -0.1) is 0 Å². The van der Waals surface area contributed by atoms with Gasteiger partial charge in [0.15, 0.2) is 0 Å². The Labute approximate surface area is 187 Å². The normalized spacial score (nSPS) is 14.1. The lowest BCUT2D eigenvalue weighted by atomic mass is 10.3. The third-order valence-electron chi connectivity index (χ3n) is 5.34. The molecule has 0 fully saturated rings. The van der Waals surface area contributed by atoms with Crippen molar-refractivity contribution in [3.05, 3.63) is 0 Å². The molecule has 0 aliphatic carbocycles. The lowest BCUT2D eigenvalue weighted by molar-refractivity contribution is 0.311. The smallest absolute Gasteiger partial charge is 0.0953 e. The molecule has 0 aromatic rings. The van der Waals surface area contributed by atoms with Crippen LogP contribution in [0.5, 0.6) is 0 Å². The molecule has 0 bridgehead atoms. The Morgan fingerprint density at radius 3 is 0.857 bits per heavy atom. The van der Waals surface area contributed by atoms with E-state index in [0.29, 0.717) is 0 Å². The summed E-state index contributed by atoms with van der Waals surface area (Å²) in [5.74, 6) is 0. The van der Waals surface area contributed by atoms with Gasteiger partial charge < -0.3 is 9.13 Å². The molecule has 172 valence electrons. The van der Waals surface area contributed by atoms with Gasteiger partial charge in [-0.05, 0) is 24.2 Å². The van der Waals surface area contributed by atoms with Crippen LogP contribution in [0.2, 0.25) is 63.5 Å². The predicted octanol–water partition coefficient (Wildman–Crippen LogP) is 5.89. The van der Waals surface area contributed by atoms with Crippen molar-refractivity contribution in [1.29, 1.82) is 0 Å². The zero-order chi connectivity index (χ0) is 22.7. The van der Waals surface area contributed by atoms with E-state index >= 15 is 0 Å². The molecule has 0 aromatic carbocycles. The molecule has 0 aromatic heterocycles. The summed E-state index contributed by atoms with van der Waals surface area (Å²) >= 11 is 0. The van der Waals surface area contributed by atoms with Gasteiger partial charge in [-0.1, -0.05) is 119 Å². The van der Waals surface area contributed by atoms with Gasteiger partial charge in [-0.2, -0.15) is 0 Å². The molecule has 0 unspecified atom stereocenters. The molecule has 0 radical (unpaired) electrons. The Hall–Kier alpha value is 0.788. The third kappa shape index (κ3) is 18.8. The summed E-state index contributed by atoms with van der Waals surface area (Å²) in [5.41, 5.74) is 0. The Kier molecular flexibility index (Phi) is 16.3. The number of rotatable bonds is 12. The quantitative estimate of drug-likeness (QED) is 0.333. The van der Waals surface area contributed by atoms with Gasteiger partial charge in [0.05, 0.1) is 19.4 Å². The maximum absolute atomic E-state index is 2.74. The van der Waals surface area contributed by atoms with E-state index in [1.165, 1.54) is 24.2 Å². The fourth-order valence-electron chi connectivity index (χ4n) is 3.81. The van der Waals surface area contributed by atoms with Crippen LogP contribution in [0.1, 0.15) is 55.4 Å². The van der Waals surface area contributed by atoms with Crippen LogP contribution in [0.15, 0.2) is 0 Å². The molecule has 0 N–H and O–H groups in total. The SMILES string of the molecule is CC(C)N([SiH2]CC[Si](C)(C)C)C(C)C.CC(C)N([SiH2]CC[Si](C)(C)C)C(C)C. The van der Waals surface area contributed by atoms with Crippen LogP contribution in [-0.2, 0) is 0 Å². The molecule has 0 aliphatic rings. The first-order valence-electron chi connectivity index (χ1n) is 12.0. The molecule has 0 atom stereocenters. The van der Waals surface area contributed by atoms with Crippen molar-refractivity contribution in [1.82, 2.24) is 9.13 Å². The second kappa shape index (κ2) is 14.7. The molecule has 6 heteroatoms. The van der Waals surface area contributed by atoms with Crippen LogP contribution in [0.3, 0.4) is 0 Å². The van der Waals surface area contributed by atoms with Crippen LogP contribution in [0.4, 0.5) is 0 Å². The van der Waals surface area contributed by atoms with Gasteiger partial charge in [0.25, 0.3) is 0 Å². The zero-order valence-corrected chi connectivity index (χ0v) is 27.3. The van der Waals surface area contributed by atoms with E-state index in [1.54, 1.807) is 0 Å². The fraction of sp³-hybridized carbons (Fsp3) is 1.00. The summed E-state index contributed by atoms with van der Waals surface area (Å²) in [6.45, 7) is 33.6. The molecule has 0 amide bonds. The molecular weight excluding hydrogens is 405 g/mol. The predicted molar refractivity (Wildman–Crippen MR) is 147 cm³/mol. The van der Waals surface area contributed by atoms with Crippen LogP contribution in [0, 0.1) is 0 Å². The first-order chi connectivity index (χ1) is 12.5. The highest BCUT2D eigenvalue weighted by molar-refractivity contribution is 6.77. The van der Waals surface area contributed by atoms with Crippen molar-refractivity contribution in [2.24, 2.45) is 0 Å². The third-order valence-corrected chi connectivity index (χ3v) is 15.8. The van der Waals surface area contributed by atoms with E-state index < -0.39 is 16.1 Å². The van der Waals surface area contributed by atoms with E-state index in [-0.39, 0.29) is 19.4 Å². The number of hydrogen-bond acceptors (Lipinski definition) is 2. The molecule has 28 heavy (non-hydrogen) atoms. The van der Waals surface area contributed by atoms with Crippen molar-refractivity contribution in [3.63, 3.8) is 0 Å². The molecule has 2 nitrogen and oxygen atoms in total. The lowest BCUT2D eigenvalue weighted by Gasteiger charge is -2.31. The van der Waals surface area contributed by atoms with Crippen molar-refractivity contribution >= 4 is 35.5 Å². The minimum Gasteiger partial charge on any atom is -0.325 e. The fourth-order valence-corrected chi connectivity index (χ4v) is 16.4. The largest absolute Gasteiger partial charge is 0.325 e. The number of nitrogens with zero attached hydrogens (tertiary/aromatic N) is 2. The van der Waals surface area contributed by atoms with Gasteiger partial charge in [0, 0.05) is 16.1 Å². The van der Waals surface area contributed by atoms with E-state index in [0.717, 1.165) is 24.2 Å². The lowest BCUT2D eigenvalue weighted by Crippen LogP contribution is -2.40. The molecule has 0 heterocycles. The summed E-state index contributed by atoms with van der Waals surface area (Å²) in [5, 5.41) is 0. The Bertz CT molecular complexity index is 320. The summed E-state index contributed by atoms with van der Waals surface area (Å²) in [6, 6.07) is 9.10. The minimum absolute atomic E-state index is 0.0186. The maximum atomic E-state index is 2.74. The molecule has 0 aliphatic heterocycles. The molecule has 0 spiro atoms. The van der Waals surface area contributed by atoms with Crippen molar-refractivity contribution < 1.29 is 0 Å². The van der Waals surface area contributed by atoms with Crippen LogP contribution >= 0.6 is 0 Å². The number of hydrogen-bond donors (Lipinski definition) is 0. The van der Waals surface area contributed by atoms with Crippen molar-refractivity contribution in [2.75, 3.05) is 0 Å². The van der Waals surface area contributed by atoms with Gasteiger partial charge in [0.2, 0.25) is 0 Å². The molecule has 0 saturated carbocycles. The van der Waals surface area contributed by atoms with E-state index in [1.807, 2.05) is 0 Å². The second-order valence-corrected chi connectivity index (χ2v) is 27.2. The van der Waals surface area contributed by atoms with E-state index in [2.05, 4.69) is 104 Å². The van der Waals surface area contributed by atoms with Gasteiger partial charge in [-0.25, -0.2) is 0 Å². The monoisotopic (exact) mass is 462 g/mol. The molecular formula is C22H58N2Si4. The summed E-state index contributed by atoms with van der Waals surface area (Å²) in [6.07, 6.45) is 0. The highest BCUT2D eigenvalue weighted by Crippen LogP contribution is 2.14. The first-order valence-corrected chi connectivity index (χ1v) is 22.7. The summed E-state index contributed by atoms with van der Waals surface area (Å²) in [7, 11) is -1.53. The molecule has 0 rings (SSSR count). The van der Waals surface area contributed by atoms with Crippen LogP contribution < -0.4 is 0 Å². The Balaban J connectivity index is 0. The van der Waals surface area contributed by atoms with Crippen molar-refractivity contribution in [2.45, 2.75) is 143 Å². The first kappa shape index (κ1) is 31.0. The topological polar surface area (TPSA) is 6.48 Å². The van der Waals surface area contributed by atoms with E-state index in [9.17, 15) is 0 Å². The zero-order valence-electron chi connectivity index (χ0n) is 22.4. The van der Waals surface area contributed by atoms with Crippen molar-refractivity contribution in [3.8, 4) is 0 Å². The summed E-state index contributed by atoms with van der Waals surface area (Å²) < 4.78 is 5.47. The minimum atomic E-state index is -0.786. The average molecular weight is 463 g/mol. The maximum Gasteiger partial charge on any atom is 0.0953 e. The van der Waals surface area contributed by atoms with Gasteiger partial charge in [0.1, 0.15) is 0 Å². The van der Waals surface area contributed by atoms with Crippen LogP contribution in [0.25, 0.3) is 0 Å². The highest BCUT2D eigenvalue weighted by atomic mass is 28.3. The highest BCUT2D eigenvalue weighted by Gasteiger charge is 2.17. The summed E-state index contributed by atoms with van der Waals surface area (Å²) in [4.78, 5) is 0. The molecule has 0 saturated heterocycles. The standard InChI is InChI=1S/2C11H29NSi2/c2*1-10(2)12(11(3)4)13-8-9-14(5,6)7/h2*10-11H,8-9,13H2,1-7H3. The van der Waals surface area contributed by atoms with Crippen LogP contribution in [-0.4, -0.2) is 68.8 Å². The van der Waals surface area contributed by atoms with Gasteiger partial charge in [-0.3, -0.25) is 0 Å². The van der Waals surface area contributed by atoms with Gasteiger partial charge >= 0.3 is 0 Å². The second-order valence-electron chi connectivity index (χ2n) is 12.2. The Morgan fingerprint density at radius 1 is 0.500 bits per heavy atom. The average Bonchev–Trinajstić information content (AvgIpc) is 2.45. The Morgan fingerprint density at radius 2 is 0.714 bits per heavy atom. The van der Waals surface area contributed by atoms with E-state index in [4.69, 9.17) is 0 Å².